The van der Waals surface area contributed by atoms with E-state index < -0.39 is 0 Å². The van der Waals surface area contributed by atoms with Gasteiger partial charge >= 0.3 is 0 Å². The molecule has 1 unspecified atom stereocenters. The number of pyridine rings is 1. The summed E-state index contributed by atoms with van der Waals surface area (Å²) in [5.74, 6) is 0.980. The van der Waals surface area contributed by atoms with Crippen LogP contribution in [0.25, 0.3) is 0 Å². The van der Waals surface area contributed by atoms with E-state index in [4.69, 9.17) is 0 Å². The topological polar surface area (TPSA) is 24.9 Å². The molecule has 0 saturated heterocycles. The van der Waals surface area contributed by atoms with Gasteiger partial charge in [-0.05, 0) is 52.2 Å². The van der Waals surface area contributed by atoms with Crippen molar-refractivity contribution in [3.63, 3.8) is 0 Å². The lowest BCUT2D eigenvalue weighted by Gasteiger charge is -2.18. The average molecular weight is 365 g/mol. The van der Waals surface area contributed by atoms with Gasteiger partial charge < -0.3 is 5.32 Å². The van der Waals surface area contributed by atoms with Gasteiger partial charge in [0.15, 0.2) is 0 Å². The lowest BCUT2D eigenvalue weighted by atomic mass is 10.1. The summed E-state index contributed by atoms with van der Waals surface area (Å²) >= 11 is 5.20. The third kappa shape index (κ3) is 5.13. The van der Waals surface area contributed by atoms with Crippen LogP contribution in [-0.2, 0) is 6.42 Å². The lowest BCUT2D eigenvalue weighted by molar-refractivity contribution is 0.605. The molecule has 1 atom stereocenters. The molecule has 2 aromatic rings. The maximum atomic E-state index is 4.42. The molecule has 112 valence electrons. The molecule has 0 radical (unpaired) electrons. The number of thioether (sulfide) groups is 1. The molecule has 2 nitrogen and oxygen atoms in total. The quantitative estimate of drug-likeness (QED) is 0.710. The van der Waals surface area contributed by atoms with Gasteiger partial charge in [0, 0.05) is 22.5 Å². The number of rotatable bonds is 7. The maximum Gasteiger partial charge on any atom is 0.0961 e. The van der Waals surface area contributed by atoms with Crippen molar-refractivity contribution in [2.75, 3.05) is 12.3 Å². The minimum absolute atomic E-state index is 0.358. The second kappa shape index (κ2) is 8.57. The summed E-state index contributed by atoms with van der Waals surface area (Å²) in [5.41, 5.74) is 2.73. The van der Waals surface area contributed by atoms with Crippen LogP contribution in [0.4, 0.5) is 0 Å². The van der Waals surface area contributed by atoms with E-state index in [1.165, 1.54) is 11.1 Å². The minimum atomic E-state index is 0.358. The first-order chi connectivity index (χ1) is 10.2. The highest BCUT2D eigenvalue weighted by atomic mass is 79.9. The molecule has 0 aliphatic rings. The highest BCUT2D eigenvalue weighted by Gasteiger charge is 2.11. The van der Waals surface area contributed by atoms with Gasteiger partial charge in [0.2, 0.25) is 0 Å². The van der Waals surface area contributed by atoms with Gasteiger partial charge in [0.25, 0.3) is 0 Å². The number of nitrogens with zero attached hydrogens (tertiary/aromatic N) is 1. The van der Waals surface area contributed by atoms with Gasteiger partial charge in [-0.1, -0.05) is 38.1 Å². The first-order valence-electron chi connectivity index (χ1n) is 7.29. The Morgan fingerprint density at radius 3 is 2.48 bits per heavy atom. The largest absolute Gasteiger partial charge is 0.309 e. The van der Waals surface area contributed by atoms with E-state index >= 15 is 0 Å². The Labute approximate surface area is 139 Å². The van der Waals surface area contributed by atoms with Crippen molar-refractivity contribution in [2.45, 2.75) is 31.3 Å². The van der Waals surface area contributed by atoms with E-state index in [1.54, 1.807) is 11.8 Å². The van der Waals surface area contributed by atoms with Crippen molar-refractivity contribution in [1.29, 1.82) is 0 Å². The first-order valence-corrected chi connectivity index (χ1v) is 9.07. The Bertz CT molecular complexity index is 540. The Morgan fingerprint density at radius 1 is 1.14 bits per heavy atom. The molecule has 0 saturated carbocycles. The molecule has 0 bridgehead atoms. The van der Waals surface area contributed by atoms with Gasteiger partial charge in [-0.15, -0.1) is 11.8 Å². The van der Waals surface area contributed by atoms with Crippen LogP contribution in [0.2, 0.25) is 0 Å². The van der Waals surface area contributed by atoms with Crippen molar-refractivity contribution >= 4 is 27.7 Å². The highest BCUT2D eigenvalue weighted by Crippen LogP contribution is 2.24. The van der Waals surface area contributed by atoms with Crippen molar-refractivity contribution in [3.8, 4) is 0 Å². The van der Waals surface area contributed by atoms with Gasteiger partial charge in [-0.3, -0.25) is 0 Å². The molecule has 1 aromatic carbocycles. The van der Waals surface area contributed by atoms with Gasteiger partial charge in [-0.25, -0.2) is 4.98 Å². The van der Waals surface area contributed by atoms with Crippen LogP contribution in [0.15, 0.2) is 52.1 Å². The molecular weight excluding hydrogens is 344 g/mol. The molecule has 0 aliphatic heterocycles. The third-order valence-electron chi connectivity index (χ3n) is 3.34. The molecule has 21 heavy (non-hydrogen) atoms. The van der Waals surface area contributed by atoms with E-state index in [-0.39, 0.29) is 0 Å². The Balaban J connectivity index is 2.02. The van der Waals surface area contributed by atoms with Crippen molar-refractivity contribution in [3.05, 3.63) is 58.2 Å². The number of aromatic nitrogens is 1. The summed E-state index contributed by atoms with van der Waals surface area (Å²) in [4.78, 5) is 4.42. The van der Waals surface area contributed by atoms with Crippen molar-refractivity contribution in [2.24, 2.45) is 0 Å². The van der Waals surface area contributed by atoms with Crippen LogP contribution in [0.1, 0.15) is 31.0 Å². The number of benzene rings is 1. The zero-order valence-corrected chi connectivity index (χ0v) is 14.9. The minimum Gasteiger partial charge on any atom is -0.309 e. The summed E-state index contributed by atoms with van der Waals surface area (Å²) in [7, 11) is 0. The molecule has 2 rings (SSSR count). The van der Waals surface area contributed by atoms with Gasteiger partial charge in [0.1, 0.15) is 0 Å². The number of nitrogens with one attached hydrogen (secondary N) is 1. The standard InChI is InChI=1S/C17H21BrN2S/c1-3-13-5-7-14(8-6-13)16(19-4-2)12-21-17-10-9-15(18)11-20-17/h5-11,16,19H,3-4,12H2,1-2H3. The smallest absolute Gasteiger partial charge is 0.0961 e. The Kier molecular flexibility index (Phi) is 6.74. The van der Waals surface area contributed by atoms with Crippen LogP contribution in [0.5, 0.6) is 0 Å². The summed E-state index contributed by atoms with van der Waals surface area (Å²) in [6.07, 6.45) is 2.93. The lowest BCUT2D eigenvalue weighted by Crippen LogP contribution is -2.23. The van der Waals surface area contributed by atoms with Gasteiger partial charge in [-0.2, -0.15) is 0 Å². The van der Waals surface area contributed by atoms with Crippen LogP contribution in [-0.4, -0.2) is 17.3 Å². The fourth-order valence-corrected chi connectivity index (χ4v) is 3.30. The molecule has 0 aliphatic carbocycles. The van der Waals surface area contributed by atoms with E-state index in [1.807, 2.05) is 12.3 Å². The fourth-order valence-electron chi connectivity index (χ4n) is 2.12. The zero-order chi connectivity index (χ0) is 15.1. The van der Waals surface area contributed by atoms with E-state index in [0.717, 1.165) is 28.2 Å². The van der Waals surface area contributed by atoms with E-state index in [2.05, 4.69) is 70.4 Å². The molecule has 0 amide bonds. The first kappa shape index (κ1) is 16.5. The summed E-state index contributed by atoms with van der Waals surface area (Å²) in [5, 5.41) is 4.62. The summed E-state index contributed by atoms with van der Waals surface area (Å²) in [6.45, 7) is 5.30. The molecule has 0 spiro atoms. The van der Waals surface area contributed by atoms with Gasteiger partial charge in [0.05, 0.1) is 5.03 Å². The monoisotopic (exact) mass is 364 g/mol. The second-order valence-electron chi connectivity index (χ2n) is 4.83. The van der Waals surface area contributed by atoms with Crippen LogP contribution in [0, 0.1) is 0 Å². The van der Waals surface area contributed by atoms with E-state index in [0.29, 0.717) is 6.04 Å². The summed E-state index contributed by atoms with van der Waals surface area (Å²) in [6, 6.07) is 13.4. The Hall–Kier alpha value is -0.840. The van der Waals surface area contributed by atoms with Crippen molar-refractivity contribution in [1.82, 2.24) is 10.3 Å². The zero-order valence-electron chi connectivity index (χ0n) is 12.5. The molecular formula is C17H21BrN2S. The third-order valence-corrected chi connectivity index (χ3v) is 4.85. The number of hydrogen-bond acceptors (Lipinski definition) is 3. The number of hydrogen-bond donors (Lipinski definition) is 1. The molecule has 1 N–H and O–H groups in total. The SMILES string of the molecule is CCNC(CSc1ccc(Br)cn1)c1ccc(CC)cc1. The fraction of sp³-hybridized carbons (Fsp3) is 0.353. The Morgan fingerprint density at radius 2 is 1.90 bits per heavy atom. The predicted molar refractivity (Wildman–Crippen MR) is 94.9 cm³/mol. The van der Waals surface area contributed by atoms with Crippen LogP contribution >= 0.6 is 27.7 Å². The normalized spacial score (nSPS) is 12.3. The molecule has 0 fully saturated rings. The molecule has 1 aromatic heterocycles. The maximum absolute atomic E-state index is 4.42. The summed E-state index contributed by atoms with van der Waals surface area (Å²) < 4.78 is 1.02. The molecule has 4 heteroatoms. The van der Waals surface area contributed by atoms with Crippen molar-refractivity contribution < 1.29 is 0 Å². The average Bonchev–Trinajstić information content (AvgIpc) is 2.53. The second-order valence-corrected chi connectivity index (χ2v) is 6.79. The number of aryl methyl sites for hydroxylation is 1. The van der Waals surface area contributed by atoms with Crippen LogP contribution in [0.3, 0.4) is 0 Å². The highest BCUT2D eigenvalue weighted by molar-refractivity contribution is 9.10. The molecule has 1 heterocycles. The van der Waals surface area contributed by atoms with Crippen LogP contribution < -0.4 is 5.32 Å². The predicted octanol–water partition coefficient (Wildman–Crippen LogP) is 4.85. The number of halogens is 1. The van der Waals surface area contributed by atoms with E-state index in [9.17, 15) is 0 Å².